The van der Waals surface area contributed by atoms with Gasteiger partial charge in [0.1, 0.15) is 5.69 Å². The van der Waals surface area contributed by atoms with Gasteiger partial charge in [-0.05, 0) is 13.3 Å². The predicted molar refractivity (Wildman–Crippen MR) is 57.0 cm³/mol. The van der Waals surface area contributed by atoms with Crippen LogP contribution >= 0.6 is 0 Å². The minimum absolute atomic E-state index is 0.100. The van der Waals surface area contributed by atoms with Gasteiger partial charge in [0.05, 0.1) is 4.92 Å². The van der Waals surface area contributed by atoms with Gasteiger partial charge >= 0.3 is 11.7 Å². The Hall–Kier alpha value is -2.12. The quantitative estimate of drug-likeness (QED) is 0.589. The number of nitro groups is 1. The smallest absolute Gasteiger partial charge is 0.353 e. The molecule has 1 rings (SSSR count). The molecule has 1 aromatic rings. The van der Waals surface area contributed by atoms with Crippen LogP contribution in [-0.4, -0.2) is 32.4 Å². The zero-order valence-corrected chi connectivity index (χ0v) is 9.54. The summed E-state index contributed by atoms with van der Waals surface area (Å²) in [5, 5.41) is 23.3. The minimum atomic E-state index is -1.19. The molecule has 8 heteroatoms. The molecule has 0 aliphatic rings. The highest BCUT2D eigenvalue weighted by Crippen LogP contribution is 2.30. The zero-order chi connectivity index (χ0) is 13.0. The summed E-state index contributed by atoms with van der Waals surface area (Å²) < 4.78 is 6.24. The average Bonchev–Trinajstić information content (AvgIpc) is 2.52. The molecule has 1 N–H and O–H groups in total. The van der Waals surface area contributed by atoms with Crippen LogP contribution < -0.4 is 4.74 Å². The van der Waals surface area contributed by atoms with Crippen molar-refractivity contribution in [2.75, 3.05) is 6.61 Å². The summed E-state index contributed by atoms with van der Waals surface area (Å²) in [6, 6.07) is 0. The van der Waals surface area contributed by atoms with Crippen molar-refractivity contribution in [3.8, 4) is 5.88 Å². The van der Waals surface area contributed by atoms with Crippen molar-refractivity contribution in [2.24, 2.45) is 0 Å². The van der Waals surface area contributed by atoms with Gasteiger partial charge < -0.3 is 9.84 Å². The lowest BCUT2D eigenvalue weighted by atomic mass is 10.4. The molecule has 17 heavy (non-hydrogen) atoms. The molecule has 0 fully saturated rings. The van der Waals surface area contributed by atoms with Gasteiger partial charge in [-0.3, -0.25) is 10.1 Å². The van der Waals surface area contributed by atoms with Crippen LogP contribution in [0.5, 0.6) is 5.88 Å². The Morgan fingerprint density at radius 1 is 1.65 bits per heavy atom. The van der Waals surface area contributed by atoms with E-state index in [2.05, 4.69) is 5.10 Å². The first kappa shape index (κ1) is 12.9. The topological polar surface area (TPSA) is 107 Å². The zero-order valence-electron chi connectivity index (χ0n) is 9.54. The molecule has 0 amide bonds. The SMILES string of the molecule is CCCn1nc(C)c([N+](=O)[O-])c1OCC(=O)O. The van der Waals surface area contributed by atoms with Gasteiger partial charge in [-0.25, -0.2) is 9.48 Å². The average molecular weight is 243 g/mol. The lowest BCUT2D eigenvalue weighted by Gasteiger charge is -2.05. The first-order chi connectivity index (χ1) is 7.97. The minimum Gasteiger partial charge on any atom is -0.479 e. The highest BCUT2D eigenvalue weighted by Gasteiger charge is 2.27. The van der Waals surface area contributed by atoms with E-state index in [0.29, 0.717) is 13.0 Å². The molecule has 1 aromatic heterocycles. The van der Waals surface area contributed by atoms with Crippen molar-refractivity contribution < 1.29 is 19.6 Å². The molecule has 0 unspecified atom stereocenters. The number of hydrogen-bond donors (Lipinski definition) is 1. The van der Waals surface area contributed by atoms with E-state index >= 15 is 0 Å². The van der Waals surface area contributed by atoms with Gasteiger partial charge in [-0.1, -0.05) is 6.92 Å². The van der Waals surface area contributed by atoms with Crippen molar-refractivity contribution in [3.05, 3.63) is 15.8 Å². The molecule has 0 saturated carbocycles. The molecule has 0 radical (unpaired) electrons. The molecule has 0 bridgehead atoms. The van der Waals surface area contributed by atoms with Crippen molar-refractivity contribution in [3.63, 3.8) is 0 Å². The number of hydrogen-bond acceptors (Lipinski definition) is 5. The highest BCUT2D eigenvalue weighted by molar-refractivity contribution is 5.68. The Morgan fingerprint density at radius 3 is 2.76 bits per heavy atom. The number of rotatable bonds is 6. The van der Waals surface area contributed by atoms with Crippen molar-refractivity contribution in [1.82, 2.24) is 9.78 Å². The summed E-state index contributed by atoms with van der Waals surface area (Å²) in [7, 11) is 0. The summed E-state index contributed by atoms with van der Waals surface area (Å²) in [5.74, 6) is -1.29. The third-order valence-corrected chi connectivity index (χ3v) is 2.00. The molecule has 0 aliphatic heterocycles. The van der Waals surface area contributed by atoms with Crippen molar-refractivity contribution in [2.45, 2.75) is 26.8 Å². The second-order valence-corrected chi connectivity index (χ2v) is 3.40. The Balaban J connectivity index is 3.10. The normalized spacial score (nSPS) is 10.2. The molecule has 0 atom stereocenters. The number of carboxylic acids is 1. The molecule has 0 saturated heterocycles. The highest BCUT2D eigenvalue weighted by atomic mass is 16.6. The number of carboxylic acid groups (broad SMARTS) is 1. The fourth-order valence-corrected chi connectivity index (χ4v) is 1.40. The number of aliphatic carboxylic acids is 1. The first-order valence-corrected chi connectivity index (χ1v) is 5.03. The van der Waals surface area contributed by atoms with Gasteiger partial charge in [0.15, 0.2) is 6.61 Å². The summed E-state index contributed by atoms with van der Waals surface area (Å²) in [6.45, 7) is 3.17. The number of nitrogens with zero attached hydrogens (tertiary/aromatic N) is 3. The van der Waals surface area contributed by atoms with E-state index in [4.69, 9.17) is 9.84 Å². The van der Waals surface area contributed by atoms with E-state index in [1.54, 1.807) is 0 Å². The Morgan fingerprint density at radius 2 is 2.29 bits per heavy atom. The van der Waals surface area contributed by atoms with Crippen molar-refractivity contribution in [1.29, 1.82) is 0 Å². The maximum absolute atomic E-state index is 10.8. The van der Waals surface area contributed by atoms with Gasteiger partial charge in [0.25, 0.3) is 5.88 Å². The van der Waals surface area contributed by atoms with E-state index in [1.807, 2.05) is 6.92 Å². The van der Waals surface area contributed by atoms with Gasteiger partial charge in [0, 0.05) is 6.54 Å². The van der Waals surface area contributed by atoms with E-state index in [0.717, 1.165) is 0 Å². The first-order valence-electron chi connectivity index (χ1n) is 5.03. The van der Waals surface area contributed by atoms with Crippen LogP contribution in [-0.2, 0) is 11.3 Å². The van der Waals surface area contributed by atoms with Crippen LogP contribution in [0.4, 0.5) is 5.69 Å². The van der Waals surface area contributed by atoms with Crippen LogP contribution in [0, 0.1) is 17.0 Å². The summed E-state index contributed by atoms with van der Waals surface area (Å²) >= 11 is 0. The molecular weight excluding hydrogens is 230 g/mol. The van der Waals surface area contributed by atoms with Crippen LogP contribution in [0.2, 0.25) is 0 Å². The summed E-state index contributed by atoms with van der Waals surface area (Å²) in [4.78, 5) is 20.6. The lowest BCUT2D eigenvalue weighted by molar-refractivity contribution is -0.386. The van der Waals surface area contributed by atoms with E-state index in [-0.39, 0.29) is 17.3 Å². The third kappa shape index (κ3) is 2.92. The molecule has 0 spiro atoms. The van der Waals surface area contributed by atoms with Crippen LogP contribution in [0.25, 0.3) is 0 Å². The summed E-state index contributed by atoms with van der Waals surface area (Å²) in [5.41, 5.74) is -0.0662. The fourth-order valence-electron chi connectivity index (χ4n) is 1.40. The molecule has 0 aliphatic carbocycles. The largest absolute Gasteiger partial charge is 0.479 e. The maximum Gasteiger partial charge on any atom is 0.353 e. The van der Waals surface area contributed by atoms with Crippen molar-refractivity contribution >= 4 is 11.7 Å². The monoisotopic (exact) mass is 243 g/mol. The third-order valence-electron chi connectivity index (χ3n) is 2.00. The summed E-state index contributed by atoms with van der Waals surface area (Å²) in [6.07, 6.45) is 0.710. The maximum atomic E-state index is 10.8. The number of aromatic nitrogens is 2. The number of ether oxygens (including phenoxy) is 1. The van der Waals surface area contributed by atoms with E-state index < -0.39 is 17.5 Å². The Labute approximate surface area is 97.0 Å². The van der Waals surface area contributed by atoms with Gasteiger partial charge in [0.2, 0.25) is 0 Å². The molecule has 94 valence electrons. The fraction of sp³-hybridized carbons (Fsp3) is 0.556. The number of carbonyl (C=O) groups is 1. The molecule has 1 heterocycles. The van der Waals surface area contributed by atoms with Crippen LogP contribution in [0.15, 0.2) is 0 Å². The predicted octanol–water partition coefficient (Wildman–Crippen LogP) is 0.973. The van der Waals surface area contributed by atoms with E-state index in [1.165, 1.54) is 11.6 Å². The van der Waals surface area contributed by atoms with Crippen LogP contribution in [0.3, 0.4) is 0 Å². The standard InChI is InChI=1S/C9H13N3O5/c1-3-4-11-9(17-5-7(13)14)8(12(15)16)6(2)10-11/h3-5H2,1-2H3,(H,13,14). The van der Waals surface area contributed by atoms with Gasteiger partial charge in [-0.15, -0.1) is 0 Å². The lowest BCUT2D eigenvalue weighted by Crippen LogP contribution is -2.13. The van der Waals surface area contributed by atoms with Crippen LogP contribution in [0.1, 0.15) is 19.0 Å². The van der Waals surface area contributed by atoms with Gasteiger partial charge in [-0.2, -0.15) is 5.10 Å². The second kappa shape index (κ2) is 5.28. The Kier molecular flexibility index (Phi) is 4.02. The molecular formula is C9H13N3O5. The molecule has 8 nitrogen and oxygen atoms in total. The second-order valence-electron chi connectivity index (χ2n) is 3.40. The van der Waals surface area contributed by atoms with E-state index in [9.17, 15) is 14.9 Å². The molecule has 0 aromatic carbocycles. The number of aryl methyl sites for hydroxylation is 2. The Bertz CT molecular complexity index is 440.